The summed E-state index contributed by atoms with van der Waals surface area (Å²) in [4.78, 5) is 12.9. The van der Waals surface area contributed by atoms with Crippen LogP contribution in [0.25, 0.3) is 0 Å². The van der Waals surface area contributed by atoms with Gasteiger partial charge in [0.15, 0.2) is 0 Å². The van der Waals surface area contributed by atoms with Crippen LogP contribution >= 0.6 is 0 Å². The fourth-order valence-electron chi connectivity index (χ4n) is 3.36. The van der Waals surface area contributed by atoms with Crippen molar-refractivity contribution < 1.29 is 17.9 Å². The Labute approximate surface area is 189 Å². The first kappa shape index (κ1) is 23.3. The molecule has 0 saturated heterocycles. The summed E-state index contributed by atoms with van der Waals surface area (Å²) >= 11 is 0. The monoisotopic (exact) mass is 452 g/mol. The fourth-order valence-corrected chi connectivity index (χ4v) is 4.87. The van der Waals surface area contributed by atoms with E-state index in [0.29, 0.717) is 12.3 Å². The minimum Gasteiger partial charge on any atom is -0.494 e. The first-order valence-electron chi connectivity index (χ1n) is 10.4. The van der Waals surface area contributed by atoms with Crippen molar-refractivity contribution in [2.24, 2.45) is 0 Å². The van der Waals surface area contributed by atoms with Gasteiger partial charge in [0, 0.05) is 6.54 Å². The number of amides is 1. The molecule has 0 saturated carbocycles. The SMILES string of the molecule is CCOc1ccc(CNC(=O)CN(c2ccc(C)cc2C)S(=O)(=O)c2ccccc2)cc1. The molecule has 0 heterocycles. The van der Waals surface area contributed by atoms with Crippen molar-refractivity contribution in [1.29, 1.82) is 0 Å². The molecule has 6 nitrogen and oxygen atoms in total. The van der Waals surface area contributed by atoms with Crippen LogP contribution in [0.4, 0.5) is 5.69 Å². The van der Waals surface area contributed by atoms with Crippen LogP contribution in [0.3, 0.4) is 0 Å². The lowest BCUT2D eigenvalue weighted by Crippen LogP contribution is -2.41. The number of aryl methyl sites for hydroxylation is 2. The van der Waals surface area contributed by atoms with E-state index in [4.69, 9.17) is 4.74 Å². The number of hydrogen-bond acceptors (Lipinski definition) is 4. The van der Waals surface area contributed by atoms with Crippen molar-refractivity contribution in [2.45, 2.75) is 32.2 Å². The van der Waals surface area contributed by atoms with Gasteiger partial charge in [-0.1, -0.05) is 48.0 Å². The van der Waals surface area contributed by atoms with Crippen molar-refractivity contribution in [2.75, 3.05) is 17.5 Å². The minimum absolute atomic E-state index is 0.138. The molecule has 0 radical (unpaired) electrons. The number of ether oxygens (including phenoxy) is 1. The van der Waals surface area contributed by atoms with E-state index < -0.39 is 15.9 Å². The Morgan fingerprint density at radius 2 is 1.66 bits per heavy atom. The molecular formula is C25H28N2O4S. The Balaban J connectivity index is 1.81. The van der Waals surface area contributed by atoms with Gasteiger partial charge in [0.05, 0.1) is 17.2 Å². The zero-order valence-corrected chi connectivity index (χ0v) is 19.4. The molecule has 0 aliphatic rings. The first-order valence-corrected chi connectivity index (χ1v) is 11.9. The predicted molar refractivity (Wildman–Crippen MR) is 126 cm³/mol. The Bertz CT molecular complexity index is 1160. The highest BCUT2D eigenvalue weighted by Crippen LogP contribution is 2.27. The fraction of sp³-hybridized carbons (Fsp3) is 0.240. The van der Waals surface area contributed by atoms with E-state index in [1.807, 2.05) is 57.2 Å². The van der Waals surface area contributed by atoms with E-state index in [1.54, 1.807) is 24.3 Å². The second-order valence-electron chi connectivity index (χ2n) is 7.47. The molecule has 0 unspecified atom stereocenters. The molecular weight excluding hydrogens is 424 g/mol. The number of carbonyl (C=O) groups is 1. The van der Waals surface area contributed by atoms with Gasteiger partial charge in [-0.05, 0) is 62.2 Å². The maximum absolute atomic E-state index is 13.4. The van der Waals surface area contributed by atoms with Crippen LogP contribution in [0.2, 0.25) is 0 Å². The van der Waals surface area contributed by atoms with Crippen molar-refractivity contribution in [3.63, 3.8) is 0 Å². The van der Waals surface area contributed by atoms with E-state index in [1.165, 1.54) is 16.4 Å². The summed E-state index contributed by atoms with van der Waals surface area (Å²) in [6.45, 7) is 6.25. The maximum atomic E-state index is 13.4. The molecule has 3 aromatic carbocycles. The lowest BCUT2D eigenvalue weighted by Gasteiger charge is -2.26. The molecule has 7 heteroatoms. The molecule has 3 aromatic rings. The molecule has 32 heavy (non-hydrogen) atoms. The van der Waals surface area contributed by atoms with E-state index >= 15 is 0 Å². The minimum atomic E-state index is -3.92. The zero-order chi connectivity index (χ0) is 23.1. The van der Waals surface area contributed by atoms with Gasteiger partial charge in [0.25, 0.3) is 10.0 Å². The normalized spacial score (nSPS) is 11.1. The van der Waals surface area contributed by atoms with Crippen LogP contribution in [-0.2, 0) is 21.4 Å². The highest BCUT2D eigenvalue weighted by molar-refractivity contribution is 7.92. The highest BCUT2D eigenvalue weighted by atomic mass is 32.2. The smallest absolute Gasteiger partial charge is 0.264 e. The molecule has 0 bridgehead atoms. The van der Waals surface area contributed by atoms with Gasteiger partial charge in [-0.2, -0.15) is 0 Å². The van der Waals surface area contributed by atoms with E-state index in [-0.39, 0.29) is 18.0 Å². The maximum Gasteiger partial charge on any atom is 0.264 e. The molecule has 0 atom stereocenters. The quantitative estimate of drug-likeness (QED) is 0.528. The largest absolute Gasteiger partial charge is 0.494 e. The summed E-state index contributed by atoms with van der Waals surface area (Å²) in [7, 11) is -3.92. The van der Waals surface area contributed by atoms with Gasteiger partial charge in [0.2, 0.25) is 5.91 Å². The summed E-state index contributed by atoms with van der Waals surface area (Å²) < 4.78 is 33.4. The summed E-state index contributed by atoms with van der Waals surface area (Å²) in [5, 5.41) is 2.82. The number of nitrogens with one attached hydrogen (secondary N) is 1. The molecule has 0 aliphatic heterocycles. The Kier molecular flexibility index (Phi) is 7.53. The Hall–Kier alpha value is -3.32. The second kappa shape index (κ2) is 10.3. The standard InChI is InChI=1S/C25H28N2O4S/c1-4-31-22-13-11-21(12-14-22)17-26-25(28)18-27(24-15-10-19(2)16-20(24)3)32(29,30)23-8-6-5-7-9-23/h5-16H,4,17-18H2,1-3H3,(H,26,28). The molecule has 1 amide bonds. The number of carbonyl (C=O) groups excluding carboxylic acids is 1. The summed E-state index contributed by atoms with van der Waals surface area (Å²) in [6, 6.07) is 21.1. The van der Waals surface area contributed by atoms with Gasteiger partial charge in [-0.25, -0.2) is 8.42 Å². The van der Waals surface area contributed by atoms with Crippen LogP contribution in [-0.4, -0.2) is 27.5 Å². The Morgan fingerprint density at radius 3 is 2.28 bits per heavy atom. The summed E-state index contributed by atoms with van der Waals surface area (Å²) in [6.07, 6.45) is 0. The number of hydrogen-bond donors (Lipinski definition) is 1. The first-order chi connectivity index (χ1) is 15.3. The van der Waals surface area contributed by atoms with Gasteiger partial charge in [-0.3, -0.25) is 9.10 Å². The average molecular weight is 453 g/mol. The van der Waals surface area contributed by atoms with Crippen LogP contribution in [0.15, 0.2) is 77.7 Å². The topological polar surface area (TPSA) is 75.7 Å². The van der Waals surface area contributed by atoms with E-state index in [9.17, 15) is 13.2 Å². The Morgan fingerprint density at radius 1 is 0.969 bits per heavy atom. The molecule has 3 rings (SSSR count). The van der Waals surface area contributed by atoms with Crippen molar-refractivity contribution in [3.8, 4) is 5.75 Å². The second-order valence-corrected chi connectivity index (χ2v) is 9.33. The van der Waals surface area contributed by atoms with Crippen LogP contribution in [0, 0.1) is 13.8 Å². The molecule has 1 N–H and O–H groups in total. The van der Waals surface area contributed by atoms with Crippen molar-refractivity contribution >= 4 is 21.6 Å². The number of benzene rings is 3. The van der Waals surface area contributed by atoms with Crippen LogP contribution in [0.5, 0.6) is 5.75 Å². The van der Waals surface area contributed by atoms with Gasteiger partial charge < -0.3 is 10.1 Å². The third-order valence-electron chi connectivity index (χ3n) is 4.96. The van der Waals surface area contributed by atoms with Gasteiger partial charge in [0.1, 0.15) is 12.3 Å². The van der Waals surface area contributed by atoms with Gasteiger partial charge >= 0.3 is 0 Å². The molecule has 0 aromatic heterocycles. The zero-order valence-electron chi connectivity index (χ0n) is 18.5. The molecule has 0 spiro atoms. The summed E-state index contributed by atoms with van der Waals surface area (Å²) in [5.41, 5.74) is 3.17. The lowest BCUT2D eigenvalue weighted by atomic mass is 10.1. The van der Waals surface area contributed by atoms with Crippen molar-refractivity contribution in [1.82, 2.24) is 5.32 Å². The van der Waals surface area contributed by atoms with E-state index in [2.05, 4.69) is 5.32 Å². The third-order valence-corrected chi connectivity index (χ3v) is 6.74. The summed E-state index contributed by atoms with van der Waals surface area (Å²) in [5.74, 6) is 0.371. The number of anilines is 1. The highest BCUT2D eigenvalue weighted by Gasteiger charge is 2.28. The lowest BCUT2D eigenvalue weighted by molar-refractivity contribution is -0.119. The molecule has 0 aliphatic carbocycles. The number of nitrogens with zero attached hydrogens (tertiary/aromatic N) is 1. The van der Waals surface area contributed by atoms with Crippen LogP contribution < -0.4 is 14.4 Å². The number of sulfonamides is 1. The van der Waals surface area contributed by atoms with Crippen molar-refractivity contribution in [3.05, 3.63) is 89.5 Å². The molecule has 0 fully saturated rings. The predicted octanol–water partition coefficient (Wildman–Crippen LogP) is 4.21. The van der Waals surface area contributed by atoms with E-state index in [0.717, 1.165) is 22.4 Å². The third kappa shape index (κ3) is 5.68. The van der Waals surface area contributed by atoms with Crippen LogP contribution in [0.1, 0.15) is 23.6 Å². The number of rotatable bonds is 9. The van der Waals surface area contributed by atoms with Gasteiger partial charge in [-0.15, -0.1) is 0 Å². The molecule has 168 valence electrons. The average Bonchev–Trinajstić information content (AvgIpc) is 2.78.